The monoisotopic (exact) mass is 315 g/mol. The Hall–Kier alpha value is 0.0169. The highest BCUT2D eigenvalue weighted by Crippen LogP contribution is 2.18. The minimum atomic E-state index is -1.99. The van der Waals surface area contributed by atoms with Crippen molar-refractivity contribution in [2.45, 2.75) is 25.9 Å². The van der Waals surface area contributed by atoms with E-state index in [-0.39, 0.29) is 0 Å². The van der Waals surface area contributed by atoms with E-state index in [1.165, 1.54) is 26.1 Å². The van der Waals surface area contributed by atoms with Crippen molar-refractivity contribution < 1.29 is 8.85 Å². The summed E-state index contributed by atoms with van der Waals surface area (Å²) in [6.45, 7) is 15.1. The van der Waals surface area contributed by atoms with Gasteiger partial charge in [0.25, 0.3) is 0 Å². The Labute approximate surface area is 131 Å². The van der Waals surface area contributed by atoms with E-state index in [9.17, 15) is 0 Å². The maximum atomic E-state index is 6.27. The first-order chi connectivity index (χ1) is 10.1. The van der Waals surface area contributed by atoms with Crippen LogP contribution in [0.1, 0.15) is 13.3 Å². The molecule has 21 heavy (non-hydrogen) atoms. The molecular weight excluding hydrogens is 282 g/mol. The first-order valence-corrected chi connectivity index (χ1v) is 11.0. The van der Waals surface area contributed by atoms with E-state index in [0.29, 0.717) is 0 Å². The molecular formula is C15H33N3O2Si. The summed E-state index contributed by atoms with van der Waals surface area (Å²) in [6.07, 6.45) is 1.21. The molecule has 2 aliphatic heterocycles. The van der Waals surface area contributed by atoms with Crippen LogP contribution in [0.5, 0.6) is 0 Å². The summed E-state index contributed by atoms with van der Waals surface area (Å²) in [4.78, 5) is 7.52. The molecule has 2 rings (SSSR count). The highest BCUT2D eigenvalue weighted by molar-refractivity contribution is 6.66. The molecule has 0 aromatic carbocycles. The lowest BCUT2D eigenvalue weighted by Crippen LogP contribution is -2.43. The minimum Gasteiger partial charge on any atom is -0.393 e. The van der Waals surface area contributed by atoms with Crippen LogP contribution in [-0.2, 0) is 8.85 Å². The van der Waals surface area contributed by atoms with Gasteiger partial charge in [0.1, 0.15) is 0 Å². The van der Waals surface area contributed by atoms with Gasteiger partial charge in [-0.25, -0.2) is 0 Å². The molecule has 2 unspecified atom stereocenters. The number of nitrogens with zero attached hydrogens (tertiary/aromatic N) is 3. The zero-order valence-corrected chi connectivity index (χ0v) is 15.1. The van der Waals surface area contributed by atoms with Gasteiger partial charge in [0, 0.05) is 52.5 Å². The van der Waals surface area contributed by atoms with Crippen LogP contribution in [0.15, 0.2) is 0 Å². The lowest BCUT2D eigenvalue weighted by molar-refractivity contribution is 0.125. The fourth-order valence-electron chi connectivity index (χ4n) is 3.09. The van der Waals surface area contributed by atoms with E-state index in [4.69, 9.17) is 8.85 Å². The first kappa shape index (κ1) is 17.4. The molecule has 5 nitrogen and oxygen atoms in total. The van der Waals surface area contributed by atoms with Crippen molar-refractivity contribution in [2.24, 2.45) is 0 Å². The Morgan fingerprint density at radius 2 is 1.62 bits per heavy atom. The van der Waals surface area contributed by atoms with Crippen molar-refractivity contribution in [3.05, 3.63) is 0 Å². The second kappa shape index (κ2) is 8.60. The molecule has 2 bridgehead atoms. The van der Waals surface area contributed by atoms with E-state index in [1.807, 2.05) is 0 Å². The molecule has 0 amide bonds. The van der Waals surface area contributed by atoms with Crippen molar-refractivity contribution in [2.75, 3.05) is 72.6 Å². The molecule has 0 aliphatic carbocycles. The zero-order chi connectivity index (χ0) is 15.1. The van der Waals surface area contributed by atoms with Crippen molar-refractivity contribution in [1.82, 2.24) is 14.7 Å². The molecule has 0 aromatic heterocycles. The van der Waals surface area contributed by atoms with E-state index in [2.05, 4.69) is 35.2 Å². The maximum absolute atomic E-state index is 6.27. The third-order valence-electron chi connectivity index (χ3n) is 4.78. The summed E-state index contributed by atoms with van der Waals surface area (Å²) in [6, 6.07) is 1.12. The van der Waals surface area contributed by atoms with Crippen molar-refractivity contribution >= 4 is 8.56 Å². The molecule has 2 heterocycles. The average molecular weight is 316 g/mol. The lowest BCUT2D eigenvalue weighted by atomic mass is 10.3. The first-order valence-electron chi connectivity index (χ1n) is 8.52. The number of rotatable bonds is 1. The van der Waals surface area contributed by atoms with E-state index in [0.717, 1.165) is 52.0 Å². The summed E-state index contributed by atoms with van der Waals surface area (Å²) in [5.41, 5.74) is 0. The van der Waals surface area contributed by atoms with E-state index >= 15 is 0 Å². The highest BCUT2D eigenvalue weighted by Gasteiger charge is 2.32. The maximum Gasteiger partial charge on any atom is 0.335 e. The van der Waals surface area contributed by atoms with Gasteiger partial charge in [-0.1, -0.05) is 6.92 Å². The second-order valence-electron chi connectivity index (χ2n) is 6.51. The third kappa shape index (κ3) is 5.96. The van der Waals surface area contributed by atoms with Crippen LogP contribution >= 0.6 is 0 Å². The lowest BCUT2D eigenvalue weighted by Gasteiger charge is -2.29. The topological polar surface area (TPSA) is 28.2 Å². The molecule has 0 radical (unpaired) electrons. The largest absolute Gasteiger partial charge is 0.393 e. The molecule has 0 saturated carbocycles. The number of hydrogen-bond acceptors (Lipinski definition) is 5. The van der Waals surface area contributed by atoms with Gasteiger partial charge in [0.2, 0.25) is 0 Å². The molecule has 2 atom stereocenters. The molecule has 0 aromatic rings. The summed E-state index contributed by atoms with van der Waals surface area (Å²) in [5.74, 6) is 0. The van der Waals surface area contributed by atoms with Crippen molar-refractivity contribution in [1.29, 1.82) is 0 Å². The normalized spacial score (nSPS) is 35.3. The fraction of sp³-hybridized carbons (Fsp3) is 1.00. The van der Waals surface area contributed by atoms with Crippen molar-refractivity contribution in [3.63, 3.8) is 0 Å². The predicted octanol–water partition coefficient (Wildman–Crippen LogP) is 1.06. The molecule has 124 valence electrons. The standard InChI is InChI=1S/C15H33N3O2Si/c1-4-17-9-10-18-6-5-15-21(3,20-14-12-17)19-13-11-16(2)7-8-18/h4-15H2,1-3H3. The van der Waals surface area contributed by atoms with Crippen LogP contribution in [0, 0.1) is 0 Å². The van der Waals surface area contributed by atoms with Gasteiger partial charge in [-0.05, 0) is 39.1 Å². The van der Waals surface area contributed by atoms with Crippen LogP contribution in [0.2, 0.25) is 12.6 Å². The van der Waals surface area contributed by atoms with E-state index in [1.54, 1.807) is 0 Å². The molecule has 0 N–H and O–H groups in total. The van der Waals surface area contributed by atoms with Crippen LogP contribution in [0.4, 0.5) is 0 Å². The summed E-state index contributed by atoms with van der Waals surface area (Å²) in [5, 5.41) is 0. The Morgan fingerprint density at radius 3 is 2.38 bits per heavy atom. The minimum absolute atomic E-state index is 0.816. The Kier molecular flexibility index (Phi) is 7.11. The van der Waals surface area contributed by atoms with Gasteiger partial charge in [0.05, 0.1) is 0 Å². The van der Waals surface area contributed by atoms with Gasteiger partial charge < -0.3 is 23.6 Å². The number of fused-ring (bicyclic) bond motifs is 4. The van der Waals surface area contributed by atoms with Crippen molar-refractivity contribution in [3.8, 4) is 0 Å². The number of likely N-dealkylation sites (N-methyl/N-ethyl adjacent to an activating group) is 2. The van der Waals surface area contributed by atoms with Gasteiger partial charge in [-0.15, -0.1) is 0 Å². The Balaban J connectivity index is 2.07. The predicted molar refractivity (Wildman–Crippen MR) is 89.0 cm³/mol. The fourth-order valence-corrected chi connectivity index (χ4v) is 5.31. The molecule has 6 heteroatoms. The Bertz CT molecular complexity index is 309. The molecule has 2 fully saturated rings. The number of hydrogen-bond donors (Lipinski definition) is 0. The molecule has 2 aliphatic rings. The zero-order valence-electron chi connectivity index (χ0n) is 14.1. The van der Waals surface area contributed by atoms with Crippen LogP contribution in [0.3, 0.4) is 0 Å². The van der Waals surface area contributed by atoms with Crippen LogP contribution in [-0.4, -0.2) is 95.9 Å². The Morgan fingerprint density at radius 1 is 0.905 bits per heavy atom. The quantitative estimate of drug-likeness (QED) is 0.675. The summed E-state index contributed by atoms with van der Waals surface area (Å²) < 4.78 is 12.5. The molecule has 0 spiro atoms. The summed E-state index contributed by atoms with van der Waals surface area (Å²) >= 11 is 0. The summed E-state index contributed by atoms with van der Waals surface area (Å²) in [7, 11) is 0.211. The van der Waals surface area contributed by atoms with Crippen LogP contribution < -0.4 is 0 Å². The van der Waals surface area contributed by atoms with Gasteiger partial charge in [-0.2, -0.15) is 0 Å². The average Bonchev–Trinajstić information content (AvgIpc) is 2.51. The highest BCUT2D eigenvalue weighted by atomic mass is 28.4. The molecule has 2 saturated heterocycles. The second-order valence-corrected chi connectivity index (χ2v) is 9.86. The van der Waals surface area contributed by atoms with E-state index < -0.39 is 8.56 Å². The SMILES string of the molecule is CCN1CCO[Si]2(C)CCCN(CCN(C)CCO2)CC1. The third-order valence-corrected chi connectivity index (χ3v) is 7.67. The smallest absolute Gasteiger partial charge is 0.335 e. The van der Waals surface area contributed by atoms with Gasteiger partial charge in [-0.3, -0.25) is 0 Å². The van der Waals surface area contributed by atoms with Crippen LogP contribution in [0.25, 0.3) is 0 Å². The van der Waals surface area contributed by atoms with Gasteiger partial charge in [0.15, 0.2) is 0 Å². The van der Waals surface area contributed by atoms with Gasteiger partial charge >= 0.3 is 8.56 Å².